The second-order valence-corrected chi connectivity index (χ2v) is 10.7. The molecule has 2 aliphatic rings. The van der Waals surface area contributed by atoms with Gasteiger partial charge in [0.2, 0.25) is 11.8 Å². The quantitative estimate of drug-likeness (QED) is 0.630. The van der Waals surface area contributed by atoms with E-state index in [9.17, 15) is 28.4 Å². The number of likely N-dealkylation sites (N-methyl/N-ethyl adjacent to an activating group) is 1. The van der Waals surface area contributed by atoms with Crippen molar-refractivity contribution in [2.24, 2.45) is 0 Å². The van der Waals surface area contributed by atoms with E-state index in [1.165, 1.54) is 12.1 Å². The van der Waals surface area contributed by atoms with Gasteiger partial charge in [-0.25, -0.2) is 8.42 Å². The van der Waals surface area contributed by atoms with E-state index >= 15 is 0 Å². The maximum Gasteiger partial charge on any atom is 0.239 e. The molecule has 2 aromatic carbocycles. The smallest absolute Gasteiger partial charge is 0.239 e. The fraction of sp³-hybridized carbons (Fsp3) is 0.375. The predicted molar refractivity (Wildman–Crippen MR) is 125 cm³/mol. The lowest BCUT2D eigenvalue weighted by molar-refractivity contribution is -0.131. The number of hydrogen-bond acceptors (Lipinski definition) is 7. The number of carbonyl (C=O) groups is 2. The van der Waals surface area contributed by atoms with Gasteiger partial charge in [-0.2, -0.15) is 5.26 Å². The number of fused-ring (bicyclic) bond motifs is 1. The maximum absolute atomic E-state index is 13.3. The zero-order valence-corrected chi connectivity index (χ0v) is 19.6. The van der Waals surface area contributed by atoms with Crippen LogP contribution in [0.1, 0.15) is 29.2 Å². The topological polar surface area (TPSA) is 131 Å². The van der Waals surface area contributed by atoms with Gasteiger partial charge >= 0.3 is 0 Å². The minimum Gasteiger partial charge on any atom is -0.392 e. The first-order valence-corrected chi connectivity index (χ1v) is 12.6. The van der Waals surface area contributed by atoms with E-state index in [-0.39, 0.29) is 29.0 Å². The first kappa shape index (κ1) is 23.9. The summed E-state index contributed by atoms with van der Waals surface area (Å²) in [6.45, 7) is 1.75. The van der Waals surface area contributed by atoms with Crippen LogP contribution >= 0.6 is 0 Å². The summed E-state index contributed by atoms with van der Waals surface area (Å²) < 4.78 is 24.5. The number of hydrogen-bond donors (Lipinski definition) is 2. The molecule has 2 heterocycles. The van der Waals surface area contributed by atoms with E-state index < -0.39 is 27.6 Å². The van der Waals surface area contributed by atoms with Crippen LogP contribution < -0.4 is 5.32 Å². The molecule has 2 aliphatic heterocycles. The van der Waals surface area contributed by atoms with Gasteiger partial charge in [0.1, 0.15) is 5.75 Å². The summed E-state index contributed by atoms with van der Waals surface area (Å²) in [6, 6.07) is 13.4. The lowest BCUT2D eigenvalue weighted by atomic mass is 10.0. The maximum atomic E-state index is 13.3. The fourth-order valence-electron chi connectivity index (χ4n) is 4.46. The number of benzene rings is 2. The summed E-state index contributed by atoms with van der Waals surface area (Å²) in [4.78, 5) is 28.8. The molecule has 2 amide bonds. The van der Waals surface area contributed by atoms with Crippen molar-refractivity contribution < 1.29 is 23.1 Å². The molecular formula is C24H26N4O5S. The average Bonchev–Trinajstić information content (AvgIpc) is 3.20. The van der Waals surface area contributed by atoms with Crippen molar-refractivity contribution in [2.45, 2.75) is 29.9 Å². The highest BCUT2D eigenvalue weighted by molar-refractivity contribution is 7.92. The Labute approximate surface area is 198 Å². The number of nitrogens with one attached hydrogen (secondary N) is 1. The molecule has 10 heteroatoms. The molecule has 9 nitrogen and oxygen atoms in total. The lowest BCUT2D eigenvalue weighted by Gasteiger charge is -2.32. The Bertz CT molecular complexity index is 1270. The van der Waals surface area contributed by atoms with Crippen LogP contribution in [-0.2, 0) is 25.8 Å². The average molecular weight is 483 g/mol. The largest absolute Gasteiger partial charge is 0.392 e. The van der Waals surface area contributed by atoms with E-state index in [1.54, 1.807) is 36.2 Å². The Morgan fingerprint density at radius 2 is 2.12 bits per heavy atom. The Morgan fingerprint density at radius 1 is 1.32 bits per heavy atom. The molecule has 1 saturated heterocycles. The van der Waals surface area contributed by atoms with E-state index in [0.717, 1.165) is 12.1 Å². The number of nitrogens with zero attached hydrogens (tertiary/aromatic N) is 3. The molecule has 178 valence electrons. The summed E-state index contributed by atoms with van der Waals surface area (Å²) >= 11 is 0. The van der Waals surface area contributed by atoms with Crippen LogP contribution in [0.15, 0.2) is 47.4 Å². The zero-order valence-electron chi connectivity index (χ0n) is 18.8. The van der Waals surface area contributed by atoms with Crippen molar-refractivity contribution in [3.63, 3.8) is 0 Å². The third kappa shape index (κ3) is 5.12. The molecule has 4 rings (SSSR count). The van der Waals surface area contributed by atoms with E-state index in [1.807, 2.05) is 6.07 Å². The van der Waals surface area contributed by atoms with Gasteiger partial charge in [-0.15, -0.1) is 0 Å². The molecule has 0 spiro atoms. The molecule has 0 aromatic heterocycles. The second kappa shape index (κ2) is 9.54. The number of aliphatic hydroxyl groups excluding tert-OH is 1. The molecule has 1 fully saturated rings. The van der Waals surface area contributed by atoms with Gasteiger partial charge in [-0.05, 0) is 41.8 Å². The molecule has 0 saturated carbocycles. The molecule has 0 radical (unpaired) electrons. The third-order valence-electron chi connectivity index (χ3n) is 6.27. The number of rotatable bonds is 6. The van der Waals surface area contributed by atoms with Crippen LogP contribution in [0.5, 0.6) is 0 Å². The van der Waals surface area contributed by atoms with Crippen LogP contribution in [0.25, 0.3) is 0 Å². The number of nitriles is 1. The zero-order chi connectivity index (χ0) is 24.5. The second-order valence-electron chi connectivity index (χ2n) is 8.77. The van der Waals surface area contributed by atoms with Crippen molar-refractivity contribution in [1.82, 2.24) is 9.80 Å². The molecule has 2 N–H and O–H groups in total. The van der Waals surface area contributed by atoms with Crippen LogP contribution in [0.4, 0.5) is 5.69 Å². The van der Waals surface area contributed by atoms with Gasteiger partial charge in [-0.3, -0.25) is 14.5 Å². The monoisotopic (exact) mass is 482 g/mol. The van der Waals surface area contributed by atoms with Crippen LogP contribution in [0, 0.1) is 11.3 Å². The first-order chi connectivity index (χ1) is 16.2. The molecule has 0 unspecified atom stereocenters. The molecule has 2 atom stereocenters. The summed E-state index contributed by atoms with van der Waals surface area (Å²) in [5.41, 5.74) is 2.08. The highest BCUT2D eigenvalue weighted by atomic mass is 32.2. The van der Waals surface area contributed by atoms with E-state index in [2.05, 4.69) is 16.3 Å². The van der Waals surface area contributed by atoms with Gasteiger partial charge in [-0.1, -0.05) is 18.2 Å². The van der Waals surface area contributed by atoms with Crippen molar-refractivity contribution in [1.29, 1.82) is 5.26 Å². The summed E-state index contributed by atoms with van der Waals surface area (Å²) in [6.07, 6.45) is 0.289. The number of likely N-dealkylation sites (tertiary alicyclic amines) is 1. The normalized spacial score (nSPS) is 20.1. The van der Waals surface area contributed by atoms with Crippen molar-refractivity contribution >= 4 is 27.3 Å². The van der Waals surface area contributed by atoms with Crippen molar-refractivity contribution in [3.8, 4) is 6.07 Å². The van der Waals surface area contributed by atoms with Gasteiger partial charge < -0.3 is 15.3 Å². The molecule has 2 aromatic rings. The van der Waals surface area contributed by atoms with Gasteiger partial charge in [0.15, 0.2) is 9.84 Å². The van der Waals surface area contributed by atoms with Crippen molar-refractivity contribution in [3.05, 3.63) is 59.2 Å². The van der Waals surface area contributed by atoms with Gasteiger partial charge in [0, 0.05) is 26.7 Å². The number of aliphatic hydroxyl groups is 1. The SMILES string of the molecule is CN(C(=O)Cc1ccc2c(c1)NC(=O)CS2(=O)=O)[C@H](CN1CC[C@@H](O)C1)c1cccc(C#N)c1. The van der Waals surface area contributed by atoms with E-state index in [0.29, 0.717) is 30.6 Å². The highest BCUT2D eigenvalue weighted by Crippen LogP contribution is 2.29. The molecular weight excluding hydrogens is 456 g/mol. The number of sulfone groups is 1. The number of anilines is 1. The first-order valence-electron chi connectivity index (χ1n) is 11.0. The van der Waals surface area contributed by atoms with Crippen LogP contribution in [0.3, 0.4) is 0 Å². The Hall–Kier alpha value is -3.26. The number of amides is 2. The predicted octanol–water partition coefficient (Wildman–Crippen LogP) is 1.09. The molecule has 0 aliphatic carbocycles. The highest BCUT2D eigenvalue weighted by Gasteiger charge is 2.30. The van der Waals surface area contributed by atoms with Crippen LogP contribution in [0.2, 0.25) is 0 Å². The minimum atomic E-state index is -3.69. The Balaban J connectivity index is 1.57. The van der Waals surface area contributed by atoms with Crippen LogP contribution in [-0.4, -0.2) is 73.7 Å². The Kier molecular flexibility index (Phi) is 6.70. The van der Waals surface area contributed by atoms with Crippen molar-refractivity contribution in [2.75, 3.05) is 37.8 Å². The standard InChI is InChI=1S/C24H26N4O5S/c1-27(21(14-28-8-7-19(29)13-28)18-4-2-3-17(9-18)12-25)24(31)11-16-5-6-22-20(10-16)26-23(30)15-34(22,32)33/h2-6,9-10,19,21,29H,7-8,11,13-15H2,1H3,(H,26,30)/t19-,21-/m1/s1. The van der Waals surface area contributed by atoms with Gasteiger partial charge in [0.25, 0.3) is 0 Å². The fourth-order valence-corrected chi connectivity index (χ4v) is 5.75. The summed E-state index contributed by atoms with van der Waals surface area (Å²) in [7, 11) is -1.99. The number of β-amino-alcohol motifs (C(OH)–C–C–N with tert-alkyl or cyclic N) is 1. The Morgan fingerprint density at radius 3 is 2.82 bits per heavy atom. The third-order valence-corrected chi connectivity index (χ3v) is 7.94. The number of carbonyl (C=O) groups excluding carboxylic acids is 2. The lowest BCUT2D eigenvalue weighted by Crippen LogP contribution is -2.39. The van der Waals surface area contributed by atoms with E-state index in [4.69, 9.17) is 0 Å². The molecule has 0 bridgehead atoms. The summed E-state index contributed by atoms with van der Waals surface area (Å²) in [5.74, 6) is -1.38. The summed E-state index contributed by atoms with van der Waals surface area (Å²) in [5, 5.41) is 21.8. The minimum absolute atomic E-state index is 0.0107. The van der Waals surface area contributed by atoms with Gasteiger partial charge in [0.05, 0.1) is 40.8 Å². The molecule has 34 heavy (non-hydrogen) atoms.